The number of aldehydes is 1. The van der Waals surface area contributed by atoms with Crippen LogP contribution in [0.15, 0.2) is 18.2 Å². The standard InChI is InChI=1S/C18H17F3N4O2/c1-9-6-15(25-17(23-9)18(19,20)21)16(27)24-14-5-2-10-7-11(22)3-4-12(10)13(14)8-26/h2,5-6,8,11H,3-4,7,22H2,1H3,(H,24,27)/t11-/m1/s1. The van der Waals surface area contributed by atoms with Crippen molar-refractivity contribution in [1.29, 1.82) is 0 Å². The molecular weight excluding hydrogens is 361 g/mol. The van der Waals surface area contributed by atoms with E-state index in [9.17, 15) is 22.8 Å². The van der Waals surface area contributed by atoms with Gasteiger partial charge in [-0.05, 0) is 49.4 Å². The third kappa shape index (κ3) is 3.97. The topological polar surface area (TPSA) is 98.0 Å². The van der Waals surface area contributed by atoms with Crippen molar-refractivity contribution < 1.29 is 22.8 Å². The van der Waals surface area contributed by atoms with Crippen molar-refractivity contribution in [3.05, 3.63) is 52.1 Å². The van der Waals surface area contributed by atoms with Gasteiger partial charge in [-0.2, -0.15) is 13.2 Å². The van der Waals surface area contributed by atoms with E-state index in [0.717, 1.165) is 17.2 Å². The van der Waals surface area contributed by atoms with Crippen LogP contribution in [-0.2, 0) is 19.0 Å². The molecule has 0 aliphatic heterocycles. The van der Waals surface area contributed by atoms with Gasteiger partial charge < -0.3 is 11.1 Å². The van der Waals surface area contributed by atoms with Crippen LogP contribution in [0.25, 0.3) is 0 Å². The molecule has 1 aliphatic rings. The van der Waals surface area contributed by atoms with E-state index >= 15 is 0 Å². The predicted molar refractivity (Wildman–Crippen MR) is 91.6 cm³/mol. The number of aryl methyl sites for hydroxylation is 1. The number of carbonyl (C=O) groups excluding carboxylic acids is 2. The highest BCUT2D eigenvalue weighted by molar-refractivity contribution is 6.05. The number of alkyl halides is 3. The highest BCUT2D eigenvalue weighted by atomic mass is 19.4. The molecule has 1 aromatic carbocycles. The lowest BCUT2D eigenvalue weighted by molar-refractivity contribution is -0.145. The number of nitrogens with one attached hydrogen (secondary N) is 1. The molecule has 3 N–H and O–H groups in total. The average molecular weight is 378 g/mol. The SMILES string of the molecule is Cc1cc(C(=O)Nc2ccc3c(c2C=O)CC[C@@H](N)C3)nc(C(F)(F)F)n1. The minimum atomic E-state index is -4.76. The lowest BCUT2D eigenvalue weighted by atomic mass is 9.85. The van der Waals surface area contributed by atoms with Gasteiger partial charge in [0, 0.05) is 17.3 Å². The molecule has 0 bridgehead atoms. The van der Waals surface area contributed by atoms with Crippen molar-refractivity contribution in [1.82, 2.24) is 9.97 Å². The van der Waals surface area contributed by atoms with Crippen LogP contribution in [-0.4, -0.2) is 28.2 Å². The number of amides is 1. The zero-order valence-corrected chi connectivity index (χ0v) is 14.4. The third-order valence-corrected chi connectivity index (χ3v) is 4.41. The average Bonchev–Trinajstić information content (AvgIpc) is 2.60. The Hall–Kier alpha value is -2.81. The monoisotopic (exact) mass is 378 g/mol. The van der Waals surface area contributed by atoms with Crippen molar-refractivity contribution in [2.24, 2.45) is 5.73 Å². The summed E-state index contributed by atoms with van der Waals surface area (Å²) in [7, 11) is 0. The number of rotatable bonds is 3. The Balaban J connectivity index is 1.93. The fourth-order valence-corrected chi connectivity index (χ4v) is 3.15. The van der Waals surface area contributed by atoms with Crippen molar-refractivity contribution in [3.63, 3.8) is 0 Å². The van der Waals surface area contributed by atoms with E-state index in [4.69, 9.17) is 5.73 Å². The fraction of sp³-hybridized carbons (Fsp3) is 0.333. The molecule has 27 heavy (non-hydrogen) atoms. The lowest BCUT2D eigenvalue weighted by Gasteiger charge is -2.24. The maximum Gasteiger partial charge on any atom is 0.451 e. The molecule has 1 heterocycles. The Labute approximate surface area is 153 Å². The normalized spacial score (nSPS) is 16.6. The molecule has 0 saturated heterocycles. The minimum absolute atomic E-state index is 0.0116. The van der Waals surface area contributed by atoms with E-state index in [1.807, 2.05) is 0 Å². The zero-order valence-electron chi connectivity index (χ0n) is 14.4. The van der Waals surface area contributed by atoms with Gasteiger partial charge in [-0.1, -0.05) is 6.07 Å². The van der Waals surface area contributed by atoms with Crippen molar-refractivity contribution in [2.45, 2.75) is 38.4 Å². The molecule has 0 saturated carbocycles. The molecule has 3 rings (SSSR count). The predicted octanol–water partition coefficient (Wildman–Crippen LogP) is 2.68. The molecule has 0 fully saturated rings. The number of anilines is 1. The van der Waals surface area contributed by atoms with Crippen LogP contribution in [0.4, 0.5) is 18.9 Å². The second kappa shape index (κ2) is 7.07. The maximum absolute atomic E-state index is 12.9. The molecule has 1 aliphatic carbocycles. The van der Waals surface area contributed by atoms with Crippen LogP contribution in [0.2, 0.25) is 0 Å². The molecule has 0 spiro atoms. The van der Waals surface area contributed by atoms with E-state index < -0.39 is 23.6 Å². The second-order valence-electron chi connectivity index (χ2n) is 6.46. The Kier molecular flexibility index (Phi) is 4.97. The molecule has 9 heteroatoms. The van der Waals surface area contributed by atoms with Gasteiger partial charge in [0.25, 0.3) is 5.91 Å². The Morgan fingerprint density at radius 1 is 1.33 bits per heavy atom. The first-order valence-corrected chi connectivity index (χ1v) is 8.28. The van der Waals surface area contributed by atoms with Crippen LogP contribution in [0.1, 0.15) is 49.9 Å². The van der Waals surface area contributed by atoms with E-state index in [1.54, 1.807) is 12.1 Å². The van der Waals surface area contributed by atoms with E-state index in [1.165, 1.54) is 6.92 Å². The first-order valence-electron chi connectivity index (χ1n) is 8.28. The summed E-state index contributed by atoms with van der Waals surface area (Å²) in [6, 6.07) is 4.49. The molecule has 0 radical (unpaired) electrons. The van der Waals surface area contributed by atoms with Gasteiger partial charge in [0.1, 0.15) is 5.69 Å². The summed E-state index contributed by atoms with van der Waals surface area (Å²) in [5, 5.41) is 2.49. The van der Waals surface area contributed by atoms with Crippen LogP contribution in [0.5, 0.6) is 0 Å². The van der Waals surface area contributed by atoms with Crippen molar-refractivity contribution in [2.75, 3.05) is 5.32 Å². The zero-order chi connectivity index (χ0) is 19.8. The summed E-state index contributed by atoms with van der Waals surface area (Å²) in [5.41, 5.74) is 7.81. The number of nitrogens with two attached hydrogens (primary N) is 1. The summed E-state index contributed by atoms with van der Waals surface area (Å²) < 4.78 is 38.6. The van der Waals surface area contributed by atoms with Gasteiger partial charge in [-0.3, -0.25) is 9.59 Å². The summed E-state index contributed by atoms with van der Waals surface area (Å²) in [4.78, 5) is 30.6. The largest absolute Gasteiger partial charge is 0.451 e. The summed E-state index contributed by atoms with van der Waals surface area (Å²) in [5.74, 6) is -2.23. The number of benzene rings is 1. The number of carbonyl (C=O) groups is 2. The Morgan fingerprint density at radius 3 is 2.74 bits per heavy atom. The first-order chi connectivity index (χ1) is 12.7. The van der Waals surface area contributed by atoms with Crippen LogP contribution in [0.3, 0.4) is 0 Å². The molecule has 1 aromatic heterocycles. The Morgan fingerprint density at radius 2 is 2.07 bits per heavy atom. The number of halogens is 3. The summed E-state index contributed by atoms with van der Waals surface area (Å²) in [6.45, 7) is 1.34. The number of aromatic nitrogens is 2. The van der Waals surface area contributed by atoms with Crippen molar-refractivity contribution in [3.8, 4) is 0 Å². The number of hydrogen-bond acceptors (Lipinski definition) is 5. The highest BCUT2D eigenvalue weighted by Gasteiger charge is 2.35. The molecule has 2 aromatic rings. The van der Waals surface area contributed by atoms with E-state index in [0.29, 0.717) is 31.1 Å². The number of hydrogen-bond donors (Lipinski definition) is 2. The second-order valence-corrected chi connectivity index (χ2v) is 6.46. The molecule has 1 amide bonds. The van der Waals surface area contributed by atoms with Gasteiger partial charge in [-0.15, -0.1) is 0 Å². The third-order valence-electron chi connectivity index (χ3n) is 4.41. The fourth-order valence-electron chi connectivity index (χ4n) is 3.15. The van der Waals surface area contributed by atoms with Gasteiger partial charge in [-0.25, -0.2) is 9.97 Å². The molecular formula is C18H17F3N4O2. The summed E-state index contributed by atoms with van der Waals surface area (Å²) in [6.07, 6.45) is -2.19. The van der Waals surface area contributed by atoms with Crippen molar-refractivity contribution >= 4 is 17.9 Å². The quantitative estimate of drug-likeness (QED) is 0.801. The van der Waals surface area contributed by atoms with E-state index in [-0.39, 0.29) is 17.4 Å². The Bertz CT molecular complexity index is 912. The van der Waals surface area contributed by atoms with Crippen LogP contribution < -0.4 is 11.1 Å². The first kappa shape index (κ1) is 19.0. The number of fused-ring (bicyclic) bond motifs is 1. The smallest absolute Gasteiger partial charge is 0.327 e. The molecule has 142 valence electrons. The lowest BCUT2D eigenvalue weighted by Crippen LogP contribution is -2.29. The van der Waals surface area contributed by atoms with Gasteiger partial charge in [0.2, 0.25) is 5.82 Å². The maximum atomic E-state index is 12.9. The van der Waals surface area contributed by atoms with Gasteiger partial charge in [0.15, 0.2) is 6.29 Å². The molecule has 0 unspecified atom stereocenters. The van der Waals surface area contributed by atoms with Gasteiger partial charge in [0.05, 0.1) is 5.69 Å². The molecule has 1 atom stereocenters. The minimum Gasteiger partial charge on any atom is -0.327 e. The number of nitrogens with zero attached hydrogens (tertiary/aromatic N) is 2. The van der Waals surface area contributed by atoms with Crippen LogP contribution >= 0.6 is 0 Å². The molecule has 6 nitrogen and oxygen atoms in total. The summed E-state index contributed by atoms with van der Waals surface area (Å²) >= 11 is 0. The highest BCUT2D eigenvalue weighted by Crippen LogP contribution is 2.29. The van der Waals surface area contributed by atoms with E-state index in [2.05, 4.69) is 15.3 Å². The van der Waals surface area contributed by atoms with Gasteiger partial charge >= 0.3 is 6.18 Å². The van der Waals surface area contributed by atoms with Crippen LogP contribution in [0, 0.1) is 6.92 Å².